The highest BCUT2D eigenvalue weighted by Gasteiger charge is 2.34. The molecule has 7 nitrogen and oxygen atoms in total. The molecule has 0 aliphatic rings. The Morgan fingerprint density at radius 2 is 1.48 bits per heavy atom. The second kappa shape index (κ2) is 14.8. The number of amides is 2. The highest BCUT2D eigenvalue weighted by Crippen LogP contribution is 2.32. The lowest BCUT2D eigenvalue weighted by atomic mass is 10.1. The van der Waals surface area contributed by atoms with Crippen molar-refractivity contribution in [2.45, 2.75) is 64.1 Å². The van der Waals surface area contributed by atoms with E-state index in [4.69, 9.17) is 46.4 Å². The SMILES string of the molecule is CC[C@@H](C)NC(=O)[C@@H](CC)N(Cc1c(Cl)cccc1Cl)C(=O)CN(c1ccc(Cl)c(Cl)c1)S(=O)(=O)c1ccc(C)cc1. The number of halogens is 4. The number of sulfonamides is 1. The van der Waals surface area contributed by atoms with Crippen molar-refractivity contribution in [3.05, 3.63) is 91.9 Å². The molecule has 0 aromatic heterocycles. The van der Waals surface area contributed by atoms with Gasteiger partial charge < -0.3 is 10.2 Å². The van der Waals surface area contributed by atoms with Crippen molar-refractivity contribution in [1.29, 1.82) is 0 Å². The van der Waals surface area contributed by atoms with E-state index < -0.39 is 28.5 Å². The van der Waals surface area contributed by atoms with Crippen molar-refractivity contribution in [1.82, 2.24) is 10.2 Å². The van der Waals surface area contributed by atoms with Crippen molar-refractivity contribution in [2.24, 2.45) is 0 Å². The second-order valence-electron chi connectivity index (χ2n) is 9.89. The van der Waals surface area contributed by atoms with Crippen molar-refractivity contribution in [3.8, 4) is 0 Å². The lowest BCUT2D eigenvalue weighted by molar-refractivity contribution is -0.140. The van der Waals surface area contributed by atoms with Gasteiger partial charge in [0.1, 0.15) is 12.6 Å². The molecule has 0 fully saturated rings. The van der Waals surface area contributed by atoms with Crippen LogP contribution in [0.15, 0.2) is 65.6 Å². The van der Waals surface area contributed by atoms with E-state index in [0.717, 1.165) is 9.87 Å². The van der Waals surface area contributed by atoms with Gasteiger partial charge in [0.15, 0.2) is 0 Å². The van der Waals surface area contributed by atoms with Crippen molar-refractivity contribution < 1.29 is 18.0 Å². The van der Waals surface area contributed by atoms with Crippen molar-refractivity contribution in [3.63, 3.8) is 0 Å². The Hall–Kier alpha value is -2.49. The van der Waals surface area contributed by atoms with Gasteiger partial charge in [-0.3, -0.25) is 13.9 Å². The van der Waals surface area contributed by atoms with Gasteiger partial charge >= 0.3 is 0 Å². The number of anilines is 1. The zero-order valence-corrected chi connectivity index (χ0v) is 27.5. The van der Waals surface area contributed by atoms with Crippen LogP contribution in [0.2, 0.25) is 20.1 Å². The summed E-state index contributed by atoms with van der Waals surface area (Å²) >= 11 is 25.3. The summed E-state index contributed by atoms with van der Waals surface area (Å²) in [6.07, 6.45) is 0.944. The molecule has 226 valence electrons. The maximum absolute atomic E-state index is 14.2. The van der Waals surface area contributed by atoms with E-state index in [2.05, 4.69) is 5.32 Å². The first-order valence-electron chi connectivity index (χ1n) is 13.4. The number of hydrogen-bond donors (Lipinski definition) is 1. The third-order valence-corrected chi connectivity index (χ3v) is 10.1. The van der Waals surface area contributed by atoms with Gasteiger partial charge in [0.2, 0.25) is 11.8 Å². The van der Waals surface area contributed by atoms with E-state index in [1.54, 1.807) is 37.3 Å². The molecular weight excluding hydrogens is 640 g/mol. The molecule has 0 unspecified atom stereocenters. The molecule has 2 amide bonds. The number of carbonyl (C=O) groups excluding carboxylic acids is 2. The van der Waals surface area contributed by atoms with Crippen LogP contribution in [-0.4, -0.2) is 43.8 Å². The van der Waals surface area contributed by atoms with Crippen LogP contribution in [0.5, 0.6) is 0 Å². The van der Waals surface area contributed by atoms with Crippen molar-refractivity contribution >= 4 is 73.9 Å². The lowest BCUT2D eigenvalue weighted by Gasteiger charge is -2.34. The van der Waals surface area contributed by atoms with E-state index >= 15 is 0 Å². The van der Waals surface area contributed by atoms with Gasteiger partial charge in [0, 0.05) is 28.2 Å². The quantitative estimate of drug-likeness (QED) is 0.216. The van der Waals surface area contributed by atoms with Crippen molar-refractivity contribution in [2.75, 3.05) is 10.8 Å². The third-order valence-electron chi connectivity index (χ3n) is 6.86. The van der Waals surface area contributed by atoms with Gasteiger partial charge in [0.25, 0.3) is 10.0 Å². The Balaban J connectivity index is 2.12. The van der Waals surface area contributed by atoms with Crippen LogP contribution in [0.25, 0.3) is 0 Å². The topological polar surface area (TPSA) is 86.8 Å². The molecule has 0 spiro atoms. The summed E-state index contributed by atoms with van der Waals surface area (Å²) in [6, 6.07) is 14.4. The van der Waals surface area contributed by atoms with Gasteiger partial charge in [-0.25, -0.2) is 8.42 Å². The molecule has 0 aliphatic carbocycles. The Labute approximate surface area is 267 Å². The molecule has 0 heterocycles. The molecule has 3 rings (SSSR count). The minimum Gasteiger partial charge on any atom is -0.352 e. The Kier molecular flexibility index (Phi) is 12.0. The number of rotatable bonds is 12. The summed E-state index contributed by atoms with van der Waals surface area (Å²) < 4.78 is 28.9. The van der Waals surface area contributed by atoms with Crippen LogP contribution in [0.1, 0.15) is 44.7 Å². The number of nitrogens with one attached hydrogen (secondary N) is 1. The summed E-state index contributed by atoms with van der Waals surface area (Å²) in [5.74, 6) is -1.01. The lowest BCUT2D eigenvalue weighted by Crippen LogP contribution is -2.53. The standard InChI is InChI=1S/C30H33Cl4N3O4S/c1-5-20(4)35-30(39)28(6-2)36(17-23-24(31)8-7-9-25(23)32)29(38)18-37(21-12-15-26(33)27(34)16-21)42(40,41)22-13-10-19(3)11-14-22/h7-16,20,28H,5-6,17-18H2,1-4H3,(H,35,39)/t20-,28-/m1/s1. The first-order chi connectivity index (χ1) is 19.8. The summed E-state index contributed by atoms with van der Waals surface area (Å²) in [5, 5.41) is 3.89. The summed E-state index contributed by atoms with van der Waals surface area (Å²) in [6.45, 7) is 6.65. The van der Waals surface area contributed by atoms with Gasteiger partial charge in [-0.05, 0) is 69.2 Å². The number of hydrogen-bond acceptors (Lipinski definition) is 4. The maximum atomic E-state index is 14.2. The fraction of sp³-hybridized carbons (Fsp3) is 0.333. The normalized spacial score (nSPS) is 12.9. The molecule has 0 aliphatic heterocycles. The molecule has 42 heavy (non-hydrogen) atoms. The van der Waals surface area contributed by atoms with E-state index in [1.165, 1.54) is 35.2 Å². The predicted molar refractivity (Wildman–Crippen MR) is 171 cm³/mol. The first kappa shape index (κ1) is 34.0. The number of benzene rings is 3. The van der Waals surface area contributed by atoms with E-state index in [-0.39, 0.29) is 45.5 Å². The third kappa shape index (κ3) is 8.11. The van der Waals surface area contributed by atoms with Gasteiger partial charge in [-0.2, -0.15) is 0 Å². The zero-order chi connectivity index (χ0) is 31.2. The second-order valence-corrected chi connectivity index (χ2v) is 13.4. The largest absolute Gasteiger partial charge is 0.352 e. The van der Waals surface area contributed by atoms with Gasteiger partial charge in [-0.15, -0.1) is 0 Å². The van der Waals surface area contributed by atoms with Crippen LogP contribution >= 0.6 is 46.4 Å². The molecule has 2 atom stereocenters. The smallest absolute Gasteiger partial charge is 0.264 e. The zero-order valence-electron chi connectivity index (χ0n) is 23.7. The minimum absolute atomic E-state index is 0.0192. The Bertz CT molecular complexity index is 1510. The molecule has 3 aromatic rings. The molecule has 0 bridgehead atoms. The fourth-order valence-electron chi connectivity index (χ4n) is 4.22. The average Bonchev–Trinajstić information content (AvgIpc) is 2.94. The average molecular weight is 673 g/mol. The molecule has 0 radical (unpaired) electrons. The van der Waals surface area contributed by atoms with Gasteiger partial charge in [-0.1, -0.05) is 84.0 Å². The van der Waals surface area contributed by atoms with E-state index in [1.807, 2.05) is 20.8 Å². The molecule has 12 heteroatoms. The molecule has 0 saturated heterocycles. The summed E-state index contributed by atoms with van der Waals surface area (Å²) in [5.41, 5.74) is 1.43. The Morgan fingerprint density at radius 3 is 2.02 bits per heavy atom. The molecule has 0 saturated carbocycles. The maximum Gasteiger partial charge on any atom is 0.264 e. The molecule has 1 N–H and O–H groups in total. The number of aryl methyl sites for hydroxylation is 1. The van der Waals surface area contributed by atoms with E-state index in [0.29, 0.717) is 22.0 Å². The van der Waals surface area contributed by atoms with Crippen LogP contribution in [-0.2, 0) is 26.2 Å². The molecule has 3 aromatic carbocycles. The van der Waals surface area contributed by atoms with Crippen LogP contribution < -0.4 is 9.62 Å². The summed E-state index contributed by atoms with van der Waals surface area (Å²) in [4.78, 5) is 28.9. The minimum atomic E-state index is -4.26. The van der Waals surface area contributed by atoms with Crippen LogP contribution in [0, 0.1) is 6.92 Å². The van der Waals surface area contributed by atoms with E-state index in [9.17, 15) is 18.0 Å². The summed E-state index contributed by atoms with van der Waals surface area (Å²) in [7, 11) is -4.26. The van der Waals surface area contributed by atoms with Crippen LogP contribution in [0.3, 0.4) is 0 Å². The monoisotopic (exact) mass is 671 g/mol. The number of carbonyl (C=O) groups is 2. The molecular formula is C30H33Cl4N3O4S. The fourth-order valence-corrected chi connectivity index (χ4v) is 6.44. The predicted octanol–water partition coefficient (Wildman–Crippen LogP) is 7.53. The number of nitrogens with zero attached hydrogens (tertiary/aromatic N) is 2. The highest BCUT2D eigenvalue weighted by molar-refractivity contribution is 7.92. The highest BCUT2D eigenvalue weighted by atomic mass is 35.5. The van der Waals surface area contributed by atoms with Crippen LogP contribution in [0.4, 0.5) is 5.69 Å². The van der Waals surface area contributed by atoms with Gasteiger partial charge in [0.05, 0.1) is 20.6 Å². The first-order valence-corrected chi connectivity index (χ1v) is 16.3. The Morgan fingerprint density at radius 1 is 0.857 bits per heavy atom.